The van der Waals surface area contributed by atoms with Crippen LogP contribution in [0.1, 0.15) is 39.2 Å². The number of hydrogen-bond donors (Lipinski definition) is 1. The summed E-state index contributed by atoms with van der Waals surface area (Å²) in [5.41, 5.74) is 1.54. The molecule has 0 saturated carbocycles. The van der Waals surface area contributed by atoms with Gasteiger partial charge in [0.15, 0.2) is 0 Å². The summed E-state index contributed by atoms with van der Waals surface area (Å²) < 4.78 is 1.42. The number of hydrogen-bond acceptors (Lipinski definition) is 2. The van der Waals surface area contributed by atoms with Crippen LogP contribution in [0.5, 0.6) is 0 Å². The molecule has 0 fully saturated rings. The van der Waals surface area contributed by atoms with Crippen molar-refractivity contribution in [1.82, 2.24) is 5.32 Å². The van der Waals surface area contributed by atoms with Gasteiger partial charge < -0.3 is 5.32 Å². The van der Waals surface area contributed by atoms with Gasteiger partial charge in [-0.25, -0.2) is 0 Å². The van der Waals surface area contributed by atoms with E-state index >= 15 is 0 Å². The summed E-state index contributed by atoms with van der Waals surface area (Å²) in [6.07, 6.45) is 3.73. The summed E-state index contributed by atoms with van der Waals surface area (Å²) in [5, 5.41) is 7.42. The van der Waals surface area contributed by atoms with Gasteiger partial charge in [0.25, 0.3) is 0 Å². The van der Waals surface area contributed by atoms with Crippen LogP contribution < -0.4 is 5.32 Å². The monoisotopic (exact) mass is 289 g/mol. The Hall–Kier alpha value is -0.860. The topological polar surface area (TPSA) is 12.0 Å². The van der Waals surface area contributed by atoms with Crippen LogP contribution in [0, 0.1) is 11.8 Å². The van der Waals surface area contributed by atoms with E-state index in [0.29, 0.717) is 0 Å². The van der Waals surface area contributed by atoms with E-state index in [4.69, 9.17) is 0 Å². The summed E-state index contributed by atoms with van der Waals surface area (Å²) in [5.74, 6) is 1.52. The molecule has 1 atom stereocenters. The third-order valence-electron chi connectivity index (χ3n) is 3.73. The zero-order valence-corrected chi connectivity index (χ0v) is 13.8. The second-order valence-corrected chi connectivity index (χ2v) is 7.07. The molecule has 2 heteroatoms. The summed E-state index contributed by atoms with van der Waals surface area (Å²) in [4.78, 5) is 0. The highest BCUT2D eigenvalue weighted by Crippen LogP contribution is 2.28. The van der Waals surface area contributed by atoms with E-state index in [1.807, 2.05) is 11.3 Å². The summed E-state index contributed by atoms with van der Waals surface area (Å²) in [6, 6.07) is 8.80. The van der Waals surface area contributed by atoms with Crippen molar-refractivity contribution in [2.24, 2.45) is 11.8 Å². The molecule has 1 aromatic carbocycles. The fourth-order valence-corrected chi connectivity index (χ4v) is 3.87. The minimum Gasteiger partial charge on any atom is -0.316 e. The van der Waals surface area contributed by atoms with Gasteiger partial charge in [-0.2, -0.15) is 0 Å². The Bertz CT molecular complexity index is 515. The quantitative estimate of drug-likeness (QED) is 0.666. The Kier molecular flexibility index (Phi) is 6.06. The molecule has 0 aliphatic rings. The fraction of sp³-hybridized carbons (Fsp3) is 0.556. The van der Waals surface area contributed by atoms with Gasteiger partial charge in [0, 0.05) is 4.70 Å². The predicted octanol–water partition coefficient (Wildman–Crippen LogP) is 5.11. The zero-order chi connectivity index (χ0) is 14.4. The van der Waals surface area contributed by atoms with Gasteiger partial charge in [-0.15, -0.1) is 11.3 Å². The predicted molar refractivity (Wildman–Crippen MR) is 91.6 cm³/mol. The Morgan fingerprint density at radius 1 is 1.20 bits per heavy atom. The van der Waals surface area contributed by atoms with E-state index < -0.39 is 0 Å². The first-order valence-corrected chi connectivity index (χ1v) is 8.74. The van der Waals surface area contributed by atoms with Crippen LogP contribution in [0.3, 0.4) is 0 Å². The number of rotatable bonds is 8. The van der Waals surface area contributed by atoms with Crippen LogP contribution >= 0.6 is 11.3 Å². The zero-order valence-electron chi connectivity index (χ0n) is 13.0. The molecular weight excluding hydrogens is 262 g/mol. The van der Waals surface area contributed by atoms with Crippen LogP contribution in [0.25, 0.3) is 10.1 Å². The smallest absolute Gasteiger partial charge is 0.0345 e. The summed E-state index contributed by atoms with van der Waals surface area (Å²) >= 11 is 1.88. The second-order valence-electron chi connectivity index (χ2n) is 6.16. The molecule has 0 bridgehead atoms. The van der Waals surface area contributed by atoms with Crippen molar-refractivity contribution in [2.75, 3.05) is 13.1 Å². The number of benzene rings is 1. The molecule has 0 saturated heterocycles. The molecule has 1 N–H and O–H groups in total. The first kappa shape index (κ1) is 15.5. The maximum absolute atomic E-state index is 3.60. The van der Waals surface area contributed by atoms with Gasteiger partial charge in [0.2, 0.25) is 0 Å². The maximum atomic E-state index is 3.60. The fourth-order valence-electron chi connectivity index (χ4n) is 2.89. The summed E-state index contributed by atoms with van der Waals surface area (Å²) in [7, 11) is 0. The average Bonchev–Trinajstić information content (AvgIpc) is 2.82. The van der Waals surface area contributed by atoms with E-state index in [2.05, 4.69) is 55.7 Å². The molecule has 0 radical (unpaired) electrons. The molecule has 0 aliphatic carbocycles. The number of thiophene rings is 1. The molecular formula is C18H27NS. The lowest BCUT2D eigenvalue weighted by molar-refractivity contribution is 0.386. The Morgan fingerprint density at radius 3 is 2.75 bits per heavy atom. The van der Waals surface area contributed by atoms with Crippen molar-refractivity contribution in [1.29, 1.82) is 0 Å². The Morgan fingerprint density at radius 2 is 2.00 bits per heavy atom. The Labute approximate surface area is 127 Å². The molecule has 1 nitrogen and oxygen atoms in total. The normalized spacial score (nSPS) is 13.2. The molecule has 110 valence electrons. The average molecular weight is 289 g/mol. The highest BCUT2D eigenvalue weighted by Gasteiger charge is 2.14. The van der Waals surface area contributed by atoms with E-state index in [1.54, 1.807) is 0 Å². The molecule has 0 spiro atoms. The van der Waals surface area contributed by atoms with Gasteiger partial charge in [0.1, 0.15) is 0 Å². The lowest BCUT2D eigenvalue weighted by atomic mass is 9.90. The SMILES string of the molecule is CCCNCC(Cc1csc2ccccc12)CC(C)C. The van der Waals surface area contributed by atoms with Gasteiger partial charge >= 0.3 is 0 Å². The van der Waals surface area contributed by atoms with Crippen molar-refractivity contribution < 1.29 is 0 Å². The third kappa shape index (κ3) is 4.32. The van der Waals surface area contributed by atoms with Crippen LogP contribution in [0.4, 0.5) is 0 Å². The second kappa shape index (κ2) is 7.80. The van der Waals surface area contributed by atoms with E-state index in [9.17, 15) is 0 Å². The molecule has 2 aromatic rings. The van der Waals surface area contributed by atoms with Crippen molar-refractivity contribution >= 4 is 21.4 Å². The molecule has 0 amide bonds. The van der Waals surface area contributed by atoms with Crippen molar-refractivity contribution in [2.45, 2.75) is 40.0 Å². The maximum Gasteiger partial charge on any atom is 0.0345 e. The first-order valence-electron chi connectivity index (χ1n) is 7.86. The third-order valence-corrected chi connectivity index (χ3v) is 4.75. The van der Waals surface area contributed by atoms with Gasteiger partial charge in [-0.3, -0.25) is 0 Å². The van der Waals surface area contributed by atoms with Crippen LogP contribution in [0.15, 0.2) is 29.6 Å². The molecule has 2 rings (SSSR count). The van der Waals surface area contributed by atoms with Crippen LogP contribution in [-0.4, -0.2) is 13.1 Å². The first-order chi connectivity index (χ1) is 9.70. The largest absolute Gasteiger partial charge is 0.316 e. The highest BCUT2D eigenvalue weighted by molar-refractivity contribution is 7.17. The van der Waals surface area contributed by atoms with Gasteiger partial charge in [0.05, 0.1) is 0 Å². The van der Waals surface area contributed by atoms with Crippen LogP contribution in [0.2, 0.25) is 0 Å². The van der Waals surface area contributed by atoms with Gasteiger partial charge in [-0.05, 0) is 66.6 Å². The molecule has 0 aliphatic heterocycles. The minimum absolute atomic E-state index is 0.750. The van der Waals surface area contributed by atoms with E-state index in [0.717, 1.165) is 24.9 Å². The van der Waals surface area contributed by atoms with Crippen molar-refractivity contribution in [3.05, 3.63) is 35.2 Å². The van der Waals surface area contributed by atoms with Gasteiger partial charge in [-0.1, -0.05) is 39.0 Å². The standard InChI is InChI=1S/C18H27NS/c1-4-9-19-12-15(10-14(2)3)11-16-13-20-18-8-6-5-7-17(16)18/h5-8,13-15,19H,4,9-12H2,1-3H3. The molecule has 20 heavy (non-hydrogen) atoms. The molecule has 1 unspecified atom stereocenters. The summed E-state index contributed by atoms with van der Waals surface area (Å²) in [6.45, 7) is 9.18. The number of nitrogens with one attached hydrogen (secondary N) is 1. The minimum atomic E-state index is 0.750. The lowest BCUT2D eigenvalue weighted by Crippen LogP contribution is -2.26. The van der Waals surface area contributed by atoms with Crippen molar-refractivity contribution in [3.8, 4) is 0 Å². The van der Waals surface area contributed by atoms with Crippen molar-refractivity contribution in [3.63, 3.8) is 0 Å². The highest BCUT2D eigenvalue weighted by atomic mass is 32.1. The molecule has 1 aromatic heterocycles. The lowest BCUT2D eigenvalue weighted by Gasteiger charge is -2.19. The Balaban J connectivity index is 2.05. The number of fused-ring (bicyclic) bond motifs is 1. The van der Waals surface area contributed by atoms with E-state index in [-0.39, 0.29) is 0 Å². The molecule has 1 heterocycles. The van der Waals surface area contributed by atoms with E-state index in [1.165, 1.54) is 34.9 Å². The van der Waals surface area contributed by atoms with Crippen LogP contribution in [-0.2, 0) is 6.42 Å².